The number of nitrogens with zero attached hydrogens (tertiary/aromatic N) is 3. The van der Waals surface area contributed by atoms with Gasteiger partial charge in [0.2, 0.25) is 5.78 Å². The third kappa shape index (κ3) is 2.98. The van der Waals surface area contributed by atoms with Crippen LogP contribution in [0.15, 0.2) is 41.3 Å². The van der Waals surface area contributed by atoms with Crippen LogP contribution >= 0.6 is 11.6 Å². The predicted octanol–water partition coefficient (Wildman–Crippen LogP) is 2.65. The molecule has 0 spiro atoms. The minimum absolute atomic E-state index is 0.00200. The molecule has 23 heavy (non-hydrogen) atoms. The zero-order valence-electron chi connectivity index (χ0n) is 12.6. The van der Waals surface area contributed by atoms with Gasteiger partial charge < -0.3 is 4.74 Å². The lowest BCUT2D eigenvalue weighted by atomic mass is 10.2. The molecule has 0 aliphatic carbocycles. The van der Waals surface area contributed by atoms with Crippen LogP contribution in [-0.2, 0) is 16.3 Å². The predicted molar refractivity (Wildman–Crippen MR) is 86.4 cm³/mol. The molecule has 1 aromatic carbocycles. The first-order valence-corrected chi connectivity index (χ1v) is 7.32. The molecule has 7 heteroatoms. The van der Waals surface area contributed by atoms with Gasteiger partial charge in [0.1, 0.15) is 0 Å². The molecule has 0 saturated heterocycles. The minimum atomic E-state index is -0.397. The summed E-state index contributed by atoms with van der Waals surface area (Å²) in [7, 11) is 0. The van der Waals surface area contributed by atoms with E-state index >= 15 is 0 Å². The Labute approximate surface area is 136 Å². The van der Waals surface area contributed by atoms with Crippen molar-refractivity contribution in [3.05, 3.63) is 57.6 Å². The van der Waals surface area contributed by atoms with E-state index in [1.54, 1.807) is 29.8 Å². The number of ether oxygens (including phenoxy) is 1. The van der Waals surface area contributed by atoms with E-state index in [9.17, 15) is 9.59 Å². The first-order valence-electron chi connectivity index (χ1n) is 6.94. The molecular weight excluding hydrogens is 318 g/mol. The van der Waals surface area contributed by atoms with Crippen molar-refractivity contribution in [1.29, 1.82) is 0 Å². The average molecular weight is 332 g/mol. The maximum absolute atomic E-state index is 12.2. The number of benzene rings is 1. The number of hydrogen-bond acceptors (Lipinski definition) is 4. The first kappa shape index (κ1) is 15.3. The van der Waals surface area contributed by atoms with Crippen LogP contribution in [0, 0.1) is 6.92 Å². The fourth-order valence-electron chi connectivity index (χ4n) is 2.28. The molecule has 0 fully saturated rings. The van der Waals surface area contributed by atoms with Gasteiger partial charge in [0.05, 0.1) is 5.69 Å². The Kier molecular flexibility index (Phi) is 3.92. The molecule has 2 heterocycles. The summed E-state index contributed by atoms with van der Waals surface area (Å²) in [4.78, 5) is 27.7. The summed E-state index contributed by atoms with van der Waals surface area (Å²) < 4.78 is 8.14. The van der Waals surface area contributed by atoms with E-state index in [1.165, 1.54) is 17.4 Å². The zero-order chi connectivity index (χ0) is 16.6. The van der Waals surface area contributed by atoms with Crippen LogP contribution in [0.4, 0.5) is 0 Å². The lowest BCUT2D eigenvalue weighted by Gasteiger charge is -2.11. The van der Waals surface area contributed by atoms with Crippen molar-refractivity contribution >= 4 is 23.3 Å². The maximum Gasteiger partial charge on any atom is 0.304 e. The van der Waals surface area contributed by atoms with E-state index in [1.807, 2.05) is 12.1 Å². The van der Waals surface area contributed by atoms with Gasteiger partial charge in [-0.2, -0.15) is 0 Å². The fourth-order valence-corrected chi connectivity index (χ4v) is 2.41. The highest BCUT2D eigenvalue weighted by atomic mass is 35.5. The van der Waals surface area contributed by atoms with Crippen molar-refractivity contribution in [3.63, 3.8) is 0 Å². The lowest BCUT2D eigenvalue weighted by molar-refractivity contribution is -0.144. The van der Waals surface area contributed by atoms with Crippen LogP contribution in [0.1, 0.15) is 12.6 Å². The summed E-state index contributed by atoms with van der Waals surface area (Å²) in [6.07, 6.45) is 1.66. The second kappa shape index (κ2) is 5.89. The Morgan fingerprint density at radius 2 is 2.00 bits per heavy atom. The molecular formula is C16H14ClN3O3. The first-order chi connectivity index (χ1) is 11.0. The number of aromatic nitrogens is 3. The second-order valence-electron chi connectivity index (χ2n) is 5.12. The van der Waals surface area contributed by atoms with Gasteiger partial charge in [-0.05, 0) is 19.1 Å². The number of esters is 1. The highest BCUT2D eigenvalue weighted by Gasteiger charge is 2.12. The number of rotatable bonds is 3. The van der Waals surface area contributed by atoms with Gasteiger partial charge in [0.25, 0.3) is 5.56 Å². The van der Waals surface area contributed by atoms with Gasteiger partial charge in [-0.25, -0.2) is 4.98 Å². The Hall–Kier alpha value is -2.60. The molecule has 0 aliphatic rings. The number of carbonyl (C=O) groups is 1. The summed E-state index contributed by atoms with van der Waals surface area (Å²) in [6, 6.07) is 8.66. The minimum Gasteiger partial charge on any atom is -0.444 e. The summed E-state index contributed by atoms with van der Waals surface area (Å²) in [6.45, 7) is 3.10. The van der Waals surface area contributed by atoms with Crippen molar-refractivity contribution in [2.24, 2.45) is 0 Å². The van der Waals surface area contributed by atoms with E-state index in [0.717, 1.165) is 5.56 Å². The SMILES string of the molecule is CC(=O)OCn1c(C)cc(=O)n2cc(-c3ccc(Cl)cc3)nc12. The number of fused-ring (bicyclic) bond motifs is 1. The molecule has 0 saturated carbocycles. The molecule has 0 bridgehead atoms. The topological polar surface area (TPSA) is 65.6 Å². The van der Waals surface area contributed by atoms with Gasteiger partial charge in [0, 0.05) is 35.5 Å². The molecule has 3 rings (SSSR count). The van der Waals surface area contributed by atoms with Gasteiger partial charge in [-0.15, -0.1) is 0 Å². The zero-order valence-corrected chi connectivity index (χ0v) is 13.4. The Morgan fingerprint density at radius 3 is 2.65 bits per heavy atom. The standard InChI is InChI=1S/C16H14ClN3O3/c1-10-7-15(22)19-8-14(12-3-5-13(17)6-4-12)18-16(19)20(10)9-23-11(2)21/h3-8H,9H2,1-2H3. The van der Waals surface area contributed by atoms with Crippen LogP contribution in [0.3, 0.4) is 0 Å². The van der Waals surface area contributed by atoms with Crippen LogP contribution in [0.25, 0.3) is 17.0 Å². The second-order valence-corrected chi connectivity index (χ2v) is 5.56. The number of halogens is 1. The molecule has 0 aliphatic heterocycles. The number of hydrogen-bond donors (Lipinski definition) is 0. The highest BCUT2D eigenvalue weighted by Crippen LogP contribution is 2.21. The van der Waals surface area contributed by atoms with Crippen LogP contribution in [-0.4, -0.2) is 19.9 Å². The molecule has 0 N–H and O–H groups in total. The Morgan fingerprint density at radius 1 is 1.30 bits per heavy atom. The van der Waals surface area contributed by atoms with E-state index in [2.05, 4.69) is 4.98 Å². The van der Waals surface area contributed by atoms with Gasteiger partial charge in [-0.3, -0.25) is 18.6 Å². The van der Waals surface area contributed by atoms with Crippen LogP contribution < -0.4 is 5.56 Å². The van der Waals surface area contributed by atoms with Gasteiger partial charge in [0.15, 0.2) is 6.73 Å². The highest BCUT2D eigenvalue weighted by molar-refractivity contribution is 6.30. The third-order valence-electron chi connectivity index (χ3n) is 3.46. The van der Waals surface area contributed by atoms with E-state index in [0.29, 0.717) is 22.2 Å². The average Bonchev–Trinajstić information content (AvgIpc) is 2.93. The molecule has 118 valence electrons. The summed E-state index contributed by atoms with van der Waals surface area (Å²) >= 11 is 5.89. The van der Waals surface area contributed by atoms with Crippen molar-refractivity contribution < 1.29 is 9.53 Å². The third-order valence-corrected chi connectivity index (χ3v) is 3.71. The Bertz CT molecular complexity index is 942. The molecule has 0 radical (unpaired) electrons. The van der Waals surface area contributed by atoms with Crippen LogP contribution in [0.2, 0.25) is 5.02 Å². The molecule has 0 atom stereocenters. The molecule has 3 aromatic rings. The largest absolute Gasteiger partial charge is 0.444 e. The maximum atomic E-state index is 12.2. The molecule has 0 unspecified atom stereocenters. The van der Waals surface area contributed by atoms with Gasteiger partial charge in [-0.1, -0.05) is 23.7 Å². The molecule has 6 nitrogen and oxygen atoms in total. The number of imidazole rings is 1. The normalized spacial score (nSPS) is 10.9. The lowest BCUT2D eigenvalue weighted by Crippen LogP contribution is -2.20. The van der Waals surface area contributed by atoms with E-state index in [4.69, 9.17) is 16.3 Å². The Balaban J connectivity index is 2.15. The quantitative estimate of drug-likeness (QED) is 0.692. The number of aryl methyl sites for hydroxylation is 1. The summed E-state index contributed by atoms with van der Waals surface area (Å²) in [5.41, 5.74) is 1.96. The van der Waals surface area contributed by atoms with Crippen molar-refractivity contribution in [3.8, 4) is 11.3 Å². The van der Waals surface area contributed by atoms with Crippen molar-refractivity contribution in [2.45, 2.75) is 20.6 Å². The molecule has 0 amide bonds. The van der Waals surface area contributed by atoms with Crippen LogP contribution in [0.5, 0.6) is 0 Å². The molecule has 2 aromatic heterocycles. The number of carbonyl (C=O) groups excluding carboxylic acids is 1. The van der Waals surface area contributed by atoms with Gasteiger partial charge >= 0.3 is 5.97 Å². The summed E-state index contributed by atoms with van der Waals surface area (Å²) in [5.74, 6) is 0.0203. The van der Waals surface area contributed by atoms with Crippen molar-refractivity contribution in [2.75, 3.05) is 0 Å². The summed E-state index contributed by atoms with van der Waals surface area (Å²) in [5, 5.41) is 0.628. The smallest absolute Gasteiger partial charge is 0.304 e. The fraction of sp³-hybridized carbons (Fsp3) is 0.188. The van der Waals surface area contributed by atoms with E-state index in [-0.39, 0.29) is 12.3 Å². The monoisotopic (exact) mass is 331 g/mol. The van der Waals surface area contributed by atoms with Crippen molar-refractivity contribution in [1.82, 2.24) is 14.0 Å². The van der Waals surface area contributed by atoms with E-state index < -0.39 is 5.97 Å².